The molecule has 0 aromatic carbocycles. The van der Waals surface area contributed by atoms with E-state index in [1.807, 2.05) is 33.0 Å². The minimum absolute atomic E-state index is 0.248. The SMILES string of the molecule is C#C.C=O.CC.Cc1ccc(N2CC3CCN(c4ncnc5[nH]ccc45)C[C@@]3(C)C2)nc1. The molecule has 5 rings (SSSR count). The summed E-state index contributed by atoms with van der Waals surface area (Å²) in [5, 5.41) is 1.12. The van der Waals surface area contributed by atoms with Crippen LogP contribution in [-0.2, 0) is 4.79 Å². The second kappa shape index (κ2) is 11.3. The number of aromatic amines is 1. The van der Waals surface area contributed by atoms with Crippen LogP contribution in [0.25, 0.3) is 11.0 Å². The zero-order valence-electron chi connectivity index (χ0n) is 19.6. The van der Waals surface area contributed by atoms with Gasteiger partial charge in [0.15, 0.2) is 0 Å². The van der Waals surface area contributed by atoms with Crippen LogP contribution in [0.15, 0.2) is 36.9 Å². The van der Waals surface area contributed by atoms with Gasteiger partial charge in [0, 0.05) is 44.0 Å². The molecule has 2 saturated heterocycles. The van der Waals surface area contributed by atoms with Crippen LogP contribution in [0.1, 0.15) is 32.8 Å². The minimum Gasteiger partial charge on any atom is -0.356 e. The first-order chi connectivity index (χ1) is 15.6. The van der Waals surface area contributed by atoms with Crippen LogP contribution in [0.5, 0.6) is 0 Å². The first-order valence-electron chi connectivity index (χ1n) is 11.0. The smallest absolute Gasteiger partial charge is 0.142 e. The summed E-state index contributed by atoms with van der Waals surface area (Å²) in [5.41, 5.74) is 2.37. The van der Waals surface area contributed by atoms with Crippen molar-refractivity contribution >= 4 is 29.5 Å². The second-order valence-corrected chi connectivity index (χ2v) is 8.07. The molecule has 0 spiro atoms. The number of aromatic nitrogens is 4. The van der Waals surface area contributed by atoms with Crippen molar-refractivity contribution in [2.45, 2.75) is 34.1 Å². The Morgan fingerprint density at radius 3 is 2.50 bits per heavy atom. The zero-order chi connectivity index (χ0) is 23.7. The van der Waals surface area contributed by atoms with Gasteiger partial charge >= 0.3 is 0 Å². The fraction of sp³-hybridized carbons (Fsp3) is 0.440. The second-order valence-electron chi connectivity index (χ2n) is 8.07. The van der Waals surface area contributed by atoms with Crippen LogP contribution in [0.3, 0.4) is 0 Å². The average molecular weight is 435 g/mol. The molecule has 7 nitrogen and oxygen atoms in total. The number of rotatable bonds is 2. The Morgan fingerprint density at radius 2 is 1.81 bits per heavy atom. The summed E-state index contributed by atoms with van der Waals surface area (Å²) < 4.78 is 0. The third-order valence-electron chi connectivity index (χ3n) is 6.13. The highest BCUT2D eigenvalue weighted by molar-refractivity contribution is 5.87. The fourth-order valence-electron chi connectivity index (χ4n) is 4.67. The van der Waals surface area contributed by atoms with Crippen LogP contribution in [-0.4, -0.2) is 52.9 Å². The molecule has 1 unspecified atom stereocenters. The summed E-state index contributed by atoms with van der Waals surface area (Å²) in [6, 6.07) is 6.39. The van der Waals surface area contributed by atoms with Crippen molar-refractivity contribution in [3.05, 3.63) is 42.5 Å². The van der Waals surface area contributed by atoms with Crippen LogP contribution in [0, 0.1) is 31.1 Å². The number of piperidine rings is 1. The number of hydrogen-bond acceptors (Lipinski definition) is 6. The highest BCUT2D eigenvalue weighted by atomic mass is 16.1. The van der Waals surface area contributed by atoms with E-state index in [1.165, 1.54) is 12.0 Å². The Bertz CT molecular complexity index is 998. The normalized spacial score (nSPS) is 21.2. The maximum atomic E-state index is 8.00. The number of pyridine rings is 1. The predicted octanol–water partition coefficient (Wildman–Crippen LogP) is 4.10. The molecule has 2 aliphatic rings. The molecule has 0 aliphatic carbocycles. The monoisotopic (exact) mass is 434 g/mol. The predicted molar refractivity (Wildman–Crippen MR) is 132 cm³/mol. The van der Waals surface area contributed by atoms with E-state index in [1.54, 1.807) is 6.33 Å². The summed E-state index contributed by atoms with van der Waals surface area (Å²) in [6.07, 6.45) is 14.8. The van der Waals surface area contributed by atoms with Crippen molar-refractivity contribution in [2.75, 3.05) is 36.0 Å². The van der Waals surface area contributed by atoms with Crippen molar-refractivity contribution < 1.29 is 4.79 Å². The van der Waals surface area contributed by atoms with Gasteiger partial charge in [-0.05, 0) is 37.0 Å². The maximum absolute atomic E-state index is 8.00. The van der Waals surface area contributed by atoms with Gasteiger partial charge in [-0.1, -0.05) is 26.8 Å². The standard InChI is InChI=1S/C20H24N6.C2H6.C2H2.CH2O/c1-14-3-4-17(22-9-14)26-10-15-6-8-25(11-20(15,2)12-26)19-16-5-7-21-18(16)23-13-24-19;3*1-2/h3-5,7,9,13,15H,6,8,10-12H2,1-2H3,(H,21,23,24);1-2H3;1-2H;1H2/t15?,20-;;;/m0.../s1. The summed E-state index contributed by atoms with van der Waals surface area (Å²) in [4.78, 5) is 29.7. The number of anilines is 2. The molecule has 32 heavy (non-hydrogen) atoms. The van der Waals surface area contributed by atoms with Crippen LogP contribution < -0.4 is 9.80 Å². The number of hydrogen-bond donors (Lipinski definition) is 1. The first-order valence-corrected chi connectivity index (χ1v) is 11.0. The fourth-order valence-corrected chi connectivity index (χ4v) is 4.67. The number of fused-ring (bicyclic) bond motifs is 2. The molecule has 0 saturated carbocycles. The lowest BCUT2D eigenvalue weighted by atomic mass is 9.75. The molecule has 7 heteroatoms. The van der Waals surface area contributed by atoms with Crippen molar-refractivity contribution in [2.24, 2.45) is 11.3 Å². The first kappa shape index (κ1) is 24.9. The maximum Gasteiger partial charge on any atom is 0.142 e. The van der Waals surface area contributed by atoms with E-state index >= 15 is 0 Å². The van der Waals surface area contributed by atoms with Gasteiger partial charge in [0.2, 0.25) is 0 Å². The van der Waals surface area contributed by atoms with Crippen molar-refractivity contribution in [3.8, 4) is 12.8 Å². The lowest BCUT2D eigenvalue weighted by molar-refractivity contribution is -0.0979. The van der Waals surface area contributed by atoms with E-state index in [4.69, 9.17) is 4.79 Å². The van der Waals surface area contributed by atoms with Crippen LogP contribution in [0.2, 0.25) is 0 Å². The van der Waals surface area contributed by atoms with E-state index in [0.717, 1.165) is 48.8 Å². The molecule has 2 fully saturated rings. The largest absolute Gasteiger partial charge is 0.356 e. The third-order valence-corrected chi connectivity index (χ3v) is 6.13. The molecule has 0 radical (unpaired) electrons. The molecular formula is C25H34N6O. The van der Waals surface area contributed by atoms with E-state index < -0.39 is 0 Å². The number of H-pyrrole nitrogens is 1. The van der Waals surface area contributed by atoms with Crippen molar-refractivity contribution in [1.29, 1.82) is 0 Å². The quantitative estimate of drug-likeness (QED) is 0.612. The Hall–Kier alpha value is -3.40. The van der Waals surface area contributed by atoms with E-state index in [9.17, 15) is 0 Å². The minimum atomic E-state index is 0.248. The molecule has 1 N–H and O–H groups in total. The van der Waals surface area contributed by atoms with E-state index in [0.29, 0.717) is 5.92 Å². The highest BCUT2D eigenvalue weighted by Crippen LogP contribution is 2.44. The molecular weight excluding hydrogens is 400 g/mol. The Labute approximate surface area is 191 Å². The van der Waals surface area contributed by atoms with Gasteiger partial charge in [0.05, 0.1) is 5.39 Å². The molecule has 0 bridgehead atoms. The number of nitrogens with zero attached hydrogens (tertiary/aromatic N) is 5. The third kappa shape index (κ3) is 4.91. The average Bonchev–Trinajstić information content (AvgIpc) is 3.47. The summed E-state index contributed by atoms with van der Waals surface area (Å²) in [5.74, 6) is 2.86. The van der Waals surface area contributed by atoms with Crippen LogP contribution >= 0.6 is 0 Å². The van der Waals surface area contributed by atoms with Gasteiger partial charge in [0.25, 0.3) is 0 Å². The number of terminal acetylenes is 1. The van der Waals surface area contributed by atoms with Crippen LogP contribution in [0.4, 0.5) is 11.6 Å². The Balaban J connectivity index is 0.000000561. The molecule has 2 aliphatic heterocycles. The van der Waals surface area contributed by atoms with Crippen molar-refractivity contribution in [3.63, 3.8) is 0 Å². The lowest BCUT2D eigenvalue weighted by Gasteiger charge is -2.42. The zero-order valence-corrected chi connectivity index (χ0v) is 19.6. The van der Waals surface area contributed by atoms with E-state index in [-0.39, 0.29) is 5.41 Å². The number of aryl methyl sites for hydroxylation is 1. The Morgan fingerprint density at radius 1 is 1.09 bits per heavy atom. The van der Waals surface area contributed by atoms with Gasteiger partial charge in [-0.15, -0.1) is 12.8 Å². The van der Waals surface area contributed by atoms with Gasteiger partial charge in [-0.3, -0.25) is 0 Å². The summed E-state index contributed by atoms with van der Waals surface area (Å²) >= 11 is 0. The van der Waals surface area contributed by atoms with Gasteiger partial charge in [0.1, 0.15) is 30.4 Å². The van der Waals surface area contributed by atoms with Gasteiger partial charge in [-0.25, -0.2) is 15.0 Å². The molecule has 2 atom stereocenters. The number of carbonyl (C=O) groups is 1. The van der Waals surface area contributed by atoms with Gasteiger partial charge < -0.3 is 19.6 Å². The summed E-state index contributed by atoms with van der Waals surface area (Å²) in [7, 11) is 0. The van der Waals surface area contributed by atoms with Gasteiger partial charge in [-0.2, -0.15) is 0 Å². The Kier molecular flexibility index (Phi) is 8.77. The lowest BCUT2D eigenvalue weighted by Crippen LogP contribution is -2.47. The molecule has 3 aromatic heterocycles. The number of carbonyl (C=O) groups excluding carboxylic acids is 1. The molecule has 3 aromatic rings. The topological polar surface area (TPSA) is 78.0 Å². The molecule has 170 valence electrons. The number of nitrogens with one attached hydrogen (secondary N) is 1. The molecule has 5 heterocycles. The highest BCUT2D eigenvalue weighted by Gasteiger charge is 2.47. The van der Waals surface area contributed by atoms with E-state index in [2.05, 4.69) is 74.6 Å². The molecule has 0 amide bonds. The summed E-state index contributed by atoms with van der Waals surface area (Å²) in [6.45, 7) is 14.7. The van der Waals surface area contributed by atoms with Crippen molar-refractivity contribution in [1.82, 2.24) is 19.9 Å².